The van der Waals surface area contributed by atoms with Gasteiger partial charge in [-0.05, 0) is 44.7 Å². The van der Waals surface area contributed by atoms with E-state index in [1.54, 1.807) is 4.90 Å². The highest BCUT2D eigenvalue weighted by atomic mass is 19.3. The molecule has 1 saturated heterocycles. The van der Waals surface area contributed by atoms with Crippen LogP contribution < -0.4 is 5.32 Å². The maximum atomic E-state index is 13.1. The monoisotopic (exact) mass is 274 g/mol. The van der Waals surface area contributed by atoms with E-state index in [-0.39, 0.29) is 24.7 Å². The van der Waals surface area contributed by atoms with E-state index in [4.69, 9.17) is 0 Å². The Morgan fingerprint density at radius 1 is 1.32 bits per heavy atom. The Hall–Kier alpha value is -0.710. The lowest BCUT2D eigenvalue weighted by Crippen LogP contribution is -2.42. The molecular formula is C14H24F2N2O. The molecule has 1 amide bonds. The van der Waals surface area contributed by atoms with Gasteiger partial charge in [-0.1, -0.05) is 0 Å². The summed E-state index contributed by atoms with van der Waals surface area (Å²) < 4.78 is 26.2. The van der Waals surface area contributed by atoms with Gasteiger partial charge in [-0.3, -0.25) is 4.79 Å². The molecule has 2 rings (SSSR count). The fourth-order valence-electron chi connectivity index (χ4n) is 3.16. The molecule has 0 bridgehead atoms. The van der Waals surface area contributed by atoms with E-state index < -0.39 is 5.92 Å². The number of hydrogen-bond donors (Lipinski definition) is 1. The maximum absolute atomic E-state index is 13.1. The zero-order chi connectivity index (χ0) is 13.9. The van der Waals surface area contributed by atoms with Crippen LogP contribution in [0.2, 0.25) is 0 Å². The van der Waals surface area contributed by atoms with Crippen molar-refractivity contribution in [3.8, 4) is 0 Å². The van der Waals surface area contributed by atoms with Crippen LogP contribution in [0, 0.1) is 11.8 Å². The lowest BCUT2D eigenvalue weighted by molar-refractivity contribution is -0.139. The van der Waals surface area contributed by atoms with E-state index in [1.807, 2.05) is 7.05 Å². The van der Waals surface area contributed by atoms with Gasteiger partial charge in [-0.15, -0.1) is 0 Å². The van der Waals surface area contributed by atoms with E-state index in [2.05, 4.69) is 5.32 Å². The van der Waals surface area contributed by atoms with Gasteiger partial charge in [-0.2, -0.15) is 0 Å². The summed E-state index contributed by atoms with van der Waals surface area (Å²) in [6, 6.07) is 0. The fourth-order valence-corrected chi connectivity index (χ4v) is 3.16. The van der Waals surface area contributed by atoms with Crippen LogP contribution in [0.15, 0.2) is 0 Å². The van der Waals surface area contributed by atoms with Gasteiger partial charge in [0.1, 0.15) is 0 Å². The summed E-state index contributed by atoms with van der Waals surface area (Å²) in [5.41, 5.74) is 0. The number of nitrogens with zero attached hydrogens (tertiary/aromatic N) is 1. The van der Waals surface area contributed by atoms with Crippen LogP contribution in [0.5, 0.6) is 0 Å². The Balaban J connectivity index is 1.78. The molecule has 1 N–H and O–H groups in total. The van der Waals surface area contributed by atoms with Crippen molar-refractivity contribution in [1.82, 2.24) is 10.2 Å². The minimum absolute atomic E-state index is 0.0565. The summed E-state index contributed by atoms with van der Waals surface area (Å²) in [6.07, 6.45) is 2.69. The highest BCUT2D eigenvalue weighted by Crippen LogP contribution is 2.36. The highest BCUT2D eigenvalue weighted by molar-refractivity contribution is 5.78. The molecule has 0 radical (unpaired) electrons. The number of amides is 1. The van der Waals surface area contributed by atoms with Gasteiger partial charge in [-0.25, -0.2) is 8.78 Å². The van der Waals surface area contributed by atoms with E-state index in [1.165, 1.54) is 0 Å². The van der Waals surface area contributed by atoms with Crippen molar-refractivity contribution in [2.45, 2.75) is 44.4 Å². The molecule has 19 heavy (non-hydrogen) atoms. The minimum Gasteiger partial charge on any atom is -0.345 e. The highest BCUT2D eigenvalue weighted by Gasteiger charge is 2.38. The standard InChI is InChI=1S/C14H24F2N2O/c1-18(10-11-3-2-8-17-9-11)13(19)12-4-6-14(15,16)7-5-12/h11-12,17H,2-10H2,1H3. The molecule has 1 heterocycles. The Bertz CT molecular complexity index is 307. The van der Waals surface area contributed by atoms with Gasteiger partial charge in [0.25, 0.3) is 0 Å². The van der Waals surface area contributed by atoms with Gasteiger partial charge in [0.15, 0.2) is 0 Å². The van der Waals surface area contributed by atoms with Crippen molar-refractivity contribution in [2.75, 3.05) is 26.7 Å². The summed E-state index contributed by atoms with van der Waals surface area (Å²) in [4.78, 5) is 14.0. The topological polar surface area (TPSA) is 32.3 Å². The van der Waals surface area contributed by atoms with E-state index in [9.17, 15) is 13.6 Å². The molecule has 1 atom stereocenters. The van der Waals surface area contributed by atoms with Crippen LogP contribution in [-0.2, 0) is 4.79 Å². The first-order valence-electron chi connectivity index (χ1n) is 7.31. The second kappa shape index (κ2) is 6.16. The van der Waals surface area contributed by atoms with Crippen LogP contribution in [-0.4, -0.2) is 43.4 Å². The molecule has 2 aliphatic rings. The molecule has 2 fully saturated rings. The predicted octanol–water partition coefficient (Wildman–Crippen LogP) is 2.27. The first-order valence-corrected chi connectivity index (χ1v) is 7.31. The number of carbonyl (C=O) groups excluding carboxylic acids is 1. The lowest BCUT2D eigenvalue weighted by atomic mass is 9.85. The molecule has 0 aromatic heterocycles. The third kappa shape index (κ3) is 4.13. The Morgan fingerprint density at radius 3 is 2.58 bits per heavy atom. The van der Waals surface area contributed by atoms with Crippen molar-refractivity contribution < 1.29 is 13.6 Å². The first kappa shape index (κ1) is 14.7. The zero-order valence-corrected chi connectivity index (χ0v) is 11.6. The number of nitrogens with one attached hydrogen (secondary N) is 1. The molecule has 5 heteroatoms. The van der Waals surface area contributed by atoms with Crippen molar-refractivity contribution in [3.05, 3.63) is 0 Å². The molecule has 1 unspecified atom stereocenters. The van der Waals surface area contributed by atoms with E-state index >= 15 is 0 Å². The normalized spacial score (nSPS) is 28.1. The van der Waals surface area contributed by atoms with Crippen molar-refractivity contribution in [2.24, 2.45) is 11.8 Å². The molecule has 0 aromatic carbocycles. The molecule has 3 nitrogen and oxygen atoms in total. The summed E-state index contributed by atoms with van der Waals surface area (Å²) in [5, 5.41) is 3.33. The smallest absolute Gasteiger partial charge is 0.248 e. The predicted molar refractivity (Wildman–Crippen MR) is 70.1 cm³/mol. The van der Waals surface area contributed by atoms with Crippen molar-refractivity contribution in [3.63, 3.8) is 0 Å². The summed E-state index contributed by atoms with van der Waals surface area (Å²) in [5.74, 6) is -2.18. The number of carbonyl (C=O) groups is 1. The maximum Gasteiger partial charge on any atom is 0.248 e. The summed E-state index contributed by atoms with van der Waals surface area (Å²) >= 11 is 0. The molecule has 0 aromatic rings. The van der Waals surface area contributed by atoms with Crippen molar-refractivity contribution in [1.29, 1.82) is 0 Å². The van der Waals surface area contributed by atoms with Crippen molar-refractivity contribution >= 4 is 5.91 Å². The number of halogens is 2. The van der Waals surface area contributed by atoms with E-state index in [0.29, 0.717) is 18.8 Å². The number of rotatable bonds is 3. The Labute approximate surface area is 113 Å². The van der Waals surface area contributed by atoms with Gasteiger partial charge >= 0.3 is 0 Å². The first-order chi connectivity index (χ1) is 8.98. The average Bonchev–Trinajstić information content (AvgIpc) is 2.39. The van der Waals surface area contributed by atoms with Crippen LogP contribution in [0.3, 0.4) is 0 Å². The van der Waals surface area contributed by atoms with Gasteiger partial charge in [0.2, 0.25) is 11.8 Å². The van der Waals surface area contributed by atoms with Gasteiger partial charge in [0, 0.05) is 32.4 Å². The van der Waals surface area contributed by atoms with E-state index in [0.717, 1.165) is 32.5 Å². The molecule has 1 saturated carbocycles. The number of piperidine rings is 1. The minimum atomic E-state index is -2.55. The van der Waals surface area contributed by atoms with Crippen LogP contribution in [0.4, 0.5) is 8.78 Å². The molecule has 1 aliphatic heterocycles. The second-order valence-corrected chi connectivity index (χ2v) is 6.06. The molecule has 1 aliphatic carbocycles. The third-order valence-electron chi connectivity index (χ3n) is 4.37. The third-order valence-corrected chi connectivity index (χ3v) is 4.37. The fraction of sp³-hybridized carbons (Fsp3) is 0.929. The Morgan fingerprint density at radius 2 is 2.00 bits per heavy atom. The number of alkyl halides is 2. The summed E-state index contributed by atoms with van der Waals surface area (Å²) in [6.45, 7) is 2.77. The number of hydrogen-bond acceptors (Lipinski definition) is 2. The van der Waals surface area contributed by atoms with Gasteiger partial charge in [0.05, 0.1) is 0 Å². The summed E-state index contributed by atoms with van der Waals surface area (Å²) in [7, 11) is 1.81. The molecular weight excluding hydrogens is 250 g/mol. The average molecular weight is 274 g/mol. The zero-order valence-electron chi connectivity index (χ0n) is 11.6. The largest absolute Gasteiger partial charge is 0.345 e. The molecule has 0 spiro atoms. The van der Waals surface area contributed by atoms with Crippen LogP contribution >= 0.6 is 0 Å². The lowest BCUT2D eigenvalue weighted by Gasteiger charge is -2.33. The second-order valence-electron chi connectivity index (χ2n) is 6.06. The Kier molecular flexibility index (Phi) is 4.76. The van der Waals surface area contributed by atoms with Crippen LogP contribution in [0.25, 0.3) is 0 Å². The SMILES string of the molecule is CN(CC1CCCNC1)C(=O)C1CCC(F)(F)CC1. The van der Waals surface area contributed by atoms with Gasteiger partial charge < -0.3 is 10.2 Å². The quantitative estimate of drug-likeness (QED) is 0.856. The van der Waals surface area contributed by atoms with Crippen LogP contribution in [0.1, 0.15) is 38.5 Å². The molecule has 110 valence electrons.